The minimum absolute atomic E-state index is 0.466. The van der Waals surface area contributed by atoms with Gasteiger partial charge in [-0.3, -0.25) is 0 Å². The predicted octanol–water partition coefficient (Wildman–Crippen LogP) is 1.90. The van der Waals surface area contributed by atoms with Crippen LogP contribution >= 0.6 is 15.9 Å². The van der Waals surface area contributed by atoms with Gasteiger partial charge in [-0.05, 0) is 24.1 Å². The Hall–Kier alpha value is -0.780. The predicted molar refractivity (Wildman–Crippen MR) is 61.1 cm³/mol. The first-order valence-electron chi connectivity index (χ1n) is 4.45. The molecule has 0 aromatic heterocycles. The maximum Gasteiger partial charge on any atom is 0.161 e. The van der Waals surface area contributed by atoms with Gasteiger partial charge in [-0.15, -0.1) is 0 Å². The van der Waals surface area contributed by atoms with Crippen molar-refractivity contribution in [3.05, 3.63) is 22.2 Å². The van der Waals surface area contributed by atoms with Crippen LogP contribution < -0.4 is 15.4 Å². The monoisotopic (exact) mass is 275 g/mol. The van der Waals surface area contributed by atoms with Crippen molar-refractivity contribution in [3.8, 4) is 11.5 Å². The summed E-state index contributed by atoms with van der Waals surface area (Å²) in [6, 6.07) is 3.77. The standard InChI is InChI=1S/C10H14BrNO3/c1-13-9-5-7(3-4-15-12)8(11)6-10(9)14-2/h5-6H,3-4,12H2,1-2H3. The van der Waals surface area contributed by atoms with E-state index in [2.05, 4.69) is 20.8 Å². The van der Waals surface area contributed by atoms with Gasteiger partial charge in [0.25, 0.3) is 0 Å². The molecule has 0 saturated carbocycles. The largest absolute Gasteiger partial charge is 0.493 e. The molecule has 2 N–H and O–H groups in total. The van der Waals surface area contributed by atoms with E-state index in [1.165, 1.54) is 0 Å². The van der Waals surface area contributed by atoms with Crippen molar-refractivity contribution in [1.82, 2.24) is 0 Å². The highest BCUT2D eigenvalue weighted by Crippen LogP contribution is 2.33. The van der Waals surface area contributed by atoms with Crippen molar-refractivity contribution in [2.45, 2.75) is 6.42 Å². The third-order valence-electron chi connectivity index (χ3n) is 2.04. The van der Waals surface area contributed by atoms with Crippen LogP contribution in [0.2, 0.25) is 0 Å². The number of nitrogens with two attached hydrogens (primary N) is 1. The summed E-state index contributed by atoms with van der Waals surface area (Å²) in [6.07, 6.45) is 0.720. The van der Waals surface area contributed by atoms with Gasteiger partial charge in [-0.2, -0.15) is 0 Å². The molecular weight excluding hydrogens is 262 g/mol. The zero-order valence-corrected chi connectivity index (χ0v) is 10.3. The van der Waals surface area contributed by atoms with Crippen LogP contribution in [0.25, 0.3) is 0 Å². The number of ether oxygens (including phenoxy) is 2. The summed E-state index contributed by atoms with van der Waals surface area (Å²) in [5, 5.41) is 0. The van der Waals surface area contributed by atoms with E-state index < -0.39 is 0 Å². The zero-order chi connectivity index (χ0) is 11.3. The molecule has 84 valence electrons. The summed E-state index contributed by atoms with van der Waals surface area (Å²) >= 11 is 3.45. The molecule has 0 saturated heterocycles. The van der Waals surface area contributed by atoms with Crippen LogP contribution in [0.4, 0.5) is 0 Å². The molecule has 0 fully saturated rings. The minimum Gasteiger partial charge on any atom is -0.493 e. The first-order valence-corrected chi connectivity index (χ1v) is 5.24. The maximum atomic E-state index is 5.19. The number of benzene rings is 1. The summed E-state index contributed by atoms with van der Waals surface area (Å²) in [4.78, 5) is 4.54. The quantitative estimate of drug-likeness (QED) is 0.834. The Morgan fingerprint density at radius 2 is 1.80 bits per heavy atom. The van der Waals surface area contributed by atoms with Crippen LogP contribution in [-0.4, -0.2) is 20.8 Å². The Balaban J connectivity index is 2.97. The molecule has 0 unspecified atom stereocenters. The molecule has 4 nitrogen and oxygen atoms in total. The Morgan fingerprint density at radius 3 is 2.33 bits per heavy atom. The molecule has 1 aromatic carbocycles. The van der Waals surface area contributed by atoms with Crippen molar-refractivity contribution >= 4 is 15.9 Å². The van der Waals surface area contributed by atoms with Crippen LogP contribution in [-0.2, 0) is 11.3 Å². The van der Waals surface area contributed by atoms with Crippen molar-refractivity contribution in [2.75, 3.05) is 20.8 Å². The summed E-state index contributed by atoms with van der Waals surface area (Å²) in [5.74, 6) is 6.38. The second-order valence-electron chi connectivity index (χ2n) is 2.92. The molecule has 0 bridgehead atoms. The van der Waals surface area contributed by atoms with Gasteiger partial charge < -0.3 is 14.3 Å². The molecule has 0 aliphatic rings. The Morgan fingerprint density at radius 1 is 1.20 bits per heavy atom. The van der Waals surface area contributed by atoms with Crippen molar-refractivity contribution in [1.29, 1.82) is 0 Å². The highest BCUT2D eigenvalue weighted by Gasteiger charge is 2.09. The molecule has 0 spiro atoms. The van der Waals surface area contributed by atoms with E-state index in [0.29, 0.717) is 18.1 Å². The second-order valence-corrected chi connectivity index (χ2v) is 3.77. The van der Waals surface area contributed by atoms with Crippen LogP contribution in [0.15, 0.2) is 16.6 Å². The number of methoxy groups -OCH3 is 2. The van der Waals surface area contributed by atoms with Crippen LogP contribution in [0.5, 0.6) is 11.5 Å². The average Bonchev–Trinajstić information content (AvgIpc) is 2.27. The van der Waals surface area contributed by atoms with Crippen molar-refractivity contribution in [2.24, 2.45) is 5.90 Å². The second kappa shape index (κ2) is 5.95. The van der Waals surface area contributed by atoms with Crippen LogP contribution in [0.1, 0.15) is 5.56 Å². The molecule has 0 atom stereocenters. The molecule has 1 rings (SSSR count). The van der Waals surface area contributed by atoms with Gasteiger partial charge in [0.05, 0.1) is 20.8 Å². The third-order valence-corrected chi connectivity index (χ3v) is 2.78. The molecule has 0 aliphatic heterocycles. The molecule has 5 heteroatoms. The fourth-order valence-corrected chi connectivity index (χ4v) is 1.78. The topological polar surface area (TPSA) is 53.7 Å². The lowest BCUT2D eigenvalue weighted by molar-refractivity contribution is 0.141. The van der Waals surface area contributed by atoms with Gasteiger partial charge in [0, 0.05) is 4.47 Å². The van der Waals surface area contributed by atoms with Crippen molar-refractivity contribution < 1.29 is 14.3 Å². The van der Waals surface area contributed by atoms with Gasteiger partial charge in [-0.25, -0.2) is 5.90 Å². The van der Waals surface area contributed by atoms with E-state index in [9.17, 15) is 0 Å². The number of halogens is 1. The van der Waals surface area contributed by atoms with Crippen LogP contribution in [0, 0.1) is 0 Å². The molecule has 15 heavy (non-hydrogen) atoms. The van der Waals surface area contributed by atoms with Gasteiger partial charge in [0.15, 0.2) is 11.5 Å². The van der Waals surface area contributed by atoms with E-state index in [1.807, 2.05) is 12.1 Å². The van der Waals surface area contributed by atoms with E-state index in [1.54, 1.807) is 14.2 Å². The molecule has 0 aliphatic carbocycles. The molecular formula is C10H14BrNO3. The van der Waals surface area contributed by atoms with Gasteiger partial charge in [0.2, 0.25) is 0 Å². The lowest BCUT2D eigenvalue weighted by Crippen LogP contribution is -2.04. The number of hydrogen-bond acceptors (Lipinski definition) is 4. The Bertz CT molecular complexity index is 331. The first-order chi connectivity index (χ1) is 7.22. The lowest BCUT2D eigenvalue weighted by atomic mass is 10.1. The molecule has 0 heterocycles. The summed E-state index contributed by atoms with van der Waals surface area (Å²) in [5.41, 5.74) is 1.07. The van der Waals surface area contributed by atoms with Gasteiger partial charge in [-0.1, -0.05) is 15.9 Å². The smallest absolute Gasteiger partial charge is 0.161 e. The summed E-state index contributed by atoms with van der Waals surface area (Å²) in [6.45, 7) is 0.466. The average molecular weight is 276 g/mol. The van der Waals surface area contributed by atoms with E-state index in [-0.39, 0.29) is 0 Å². The van der Waals surface area contributed by atoms with Gasteiger partial charge >= 0.3 is 0 Å². The van der Waals surface area contributed by atoms with E-state index in [0.717, 1.165) is 16.5 Å². The Labute approximate surface area is 97.4 Å². The maximum absolute atomic E-state index is 5.19. The molecule has 0 amide bonds. The van der Waals surface area contributed by atoms with E-state index >= 15 is 0 Å². The highest BCUT2D eigenvalue weighted by molar-refractivity contribution is 9.10. The molecule has 0 radical (unpaired) electrons. The van der Waals surface area contributed by atoms with Crippen LogP contribution in [0.3, 0.4) is 0 Å². The summed E-state index contributed by atoms with van der Waals surface area (Å²) in [7, 11) is 3.21. The zero-order valence-electron chi connectivity index (χ0n) is 8.75. The number of rotatable bonds is 5. The number of hydrogen-bond donors (Lipinski definition) is 1. The SMILES string of the molecule is COc1cc(Br)c(CCON)cc1OC. The Kier molecular flexibility index (Phi) is 4.87. The lowest BCUT2D eigenvalue weighted by Gasteiger charge is -2.11. The normalized spacial score (nSPS) is 10.1. The van der Waals surface area contributed by atoms with Gasteiger partial charge in [0.1, 0.15) is 0 Å². The minimum atomic E-state index is 0.466. The van der Waals surface area contributed by atoms with E-state index in [4.69, 9.17) is 15.4 Å². The highest BCUT2D eigenvalue weighted by atomic mass is 79.9. The first kappa shape index (κ1) is 12.3. The molecule has 1 aromatic rings. The third kappa shape index (κ3) is 3.09. The summed E-state index contributed by atoms with van der Waals surface area (Å²) < 4.78 is 11.3. The fraction of sp³-hybridized carbons (Fsp3) is 0.400. The fourth-order valence-electron chi connectivity index (χ4n) is 1.26. The van der Waals surface area contributed by atoms with Crippen molar-refractivity contribution in [3.63, 3.8) is 0 Å².